The number of unbranched alkanes of at least 4 members (excludes halogenated alkanes) is 21. The first-order chi connectivity index (χ1) is 37.0. The smallest absolute Gasteiger partial charge is 0.246 e. The van der Waals surface area contributed by atoms with Crippen LogP contribution in [0, 0.1) is 0 Å². The van der Waals surface area contributed by atoms with E-state index in [1.807, 2.05) is 0 Å². The summed E-state index contributed by atoms with van der Waals surface area (Å²) in [6, 6.07) is 22.2. The molecule has 4 amide bonds. The van der Waals surface area contributed by atoms with Gasteiger partial charge in [0.05, 0.1) is 49.6 Å². The van der Waals surface area contributed by atoms with E-state index in [2.05, 4.69) is 97.5 Å². The van der Waals surface area contributed by atoms with Crippen LogP contribution in [0.25, 0.3) is 0 Å². The summed E-state index contributed by atoms with van der Waals surface area (Å²) in [6.07, 6.45) is 31.5. The molecule has 438 valence electrons. The zero-order valence-electron chi connectivity index (χ0n) is 49.1. The number of ketones is 1. The molecule has 0 radical (unpaired) electrons. The molecule has 15 heteroatoms. The van der Waals surface area contributed by atoms with Crippen molar-refractivity contribution in [2.75, 3.05) is 84.8 Å². The van der Waals surface area contributed by atoms with E-state index in [9.17, 15) is 39.6 Å². The van der Waals surface area contributed by atoms with Crippen LogP contribution in [0.4, 0.5) is 0 Å². The first-order valence-corrected chi connectivity index (χ1v) is 36.0. The van der Waals surface area contributed by atoms with Crippen molar-refractivity contribution < 1.29 is 39.6 Å². The van der Waals surface area contributed by atoms with Crippen LogP contribution in [0.5, 0.6) is 0 Å². The second kappa shape index (κ2) is 43.5. The number of hydrogen-bond acceptors (Lipinski definition) is 9. The van der Waals surface area contributed by atoms with Crippen molar-refractivity contribution in [2.24, 2.45) is 0 Å². The number of hydrogen-bond donors (Lipinski definition) is 4. The summed E-state index contributed by atoms with van der Waals surface area (Å²) < 4.78 is 0. The van der Waals surface area contributed by atoms with Crippen molar-refractivity contribution in [3.05, 3.63) is 60.7 Å². The van der Waals surface area contributed by atoms with E-state index in [4.69, 9.17) is 0 Å². The van der Waals surface area contributed by atoms with Crippen molar-refractivity contribution >= 4 is 54.5 Å². The number of carbonyl (C=O) groups excluding carboxylic acids is 5. The van der Waals surface area contributed by atoms with Crippen LogP contribution in [-0.2, 0) is 24.0 Å². The van der Waals surface area contributed by atoms with Gasteiger partial charge < -0.3 is 10.2 Å². The van der Waals surface area contributed by atoms with Crippen LogP contribution in [0.15, 0.2) is 60.7 Å². The monoisotopic (exact) mass is 1110 g/mol. The standard InChI is InChI=1S/C62H108N5O8P2/c1-56(68)65(73)51-33-17-14-24-38-57(69)43-45-61(71)66(74)52-34-22-29-47-63-60(70)44-46-62(72)67(75)53-35-23-32-50-64(48-30-15-10-6-8-12-18-36-54-76(2,3)58-39-25-20-26-40-58)49-31-16-11-7-9-13-19-37-55-77(4,5)59-41-27-21-28-42-59/h20-21,25-28,39-42,73-75H,6-19,22-24,29-38,43-55H2,1-5H3/q+1/p+1. The van der Waals surface area contributed by atoms with E-state index in [0.29, 0.717) is 61.6 Å². The number of Topliss-reactive ketones (excluding diaryl/α,β-unsaturated/α-hetero) is 1. The van der Waals surface area contributed by atoms with E-state index in [1.54, 1.807) is 10.6 Å². The van der Waals surface area contributed by atoms with Gasteiger partial charge in [0.25, 0.3) is 0 Å². The highest BCUT2D eigenvalue weighted by Crippen LogP contribution is 2.51. The lowest BCUT2D eigenvalue weighted by molar-refractivity contribution is -0.166. The Morgan fingerprint density at radius 3 is 1.16 bits per heavy atom. The van der Waals surface area contributed by atoms with Gasteiger partial charge in [0.15, 0.2) is 0 Å². The van der Waals surface area contributed by atoms with Crippen LogP contribution in [0.3, 0.4) is 0 Å². The second-order valence-corrected chi connectivity index (χ2v) is 31.5. The van der Waals surface area contributed by atoms with Crippen molar-refractivity contribution in [3.8, 4) is 0 Å². The number of nitrogens with one attached hydrogen (secondary N) is 1. The first kappa shape index (κ1) is 69.8. The van der Waals surface area contributed by atoms with Gasteiger partial charge in [0.2, 0.25) is 23.6 Å². The number of nitrogens with zero attached hydrogens (tertiary/aromatic N) is 4. The molecule has 4 N–H and O–H groups in total. The third kappa shape index (κ3) is 35.8. The predicted octanol–water partition coefficient (Wildman–Crippen LogP) is 12.9. The maximum Gasteiger partial charge on any atom is 0.246 e. The van der Waals surface area contributed by atoms with Crippen LogP contribution in [0.1, 0.15) is 206 Å². The first-order valence-electron chi connectivity index (χ1n) is 30.3. The van der Waals surface area contributed by atoms with E-state index in [1.165, 1.54) is 122 Å². The molecule has 0 aliphatic rings. The molecule has 0 heterocycles. The van der Waals surface area contributed by atoms with E-state index in [-0.39, 0.29) is 57.0 Å². The van der Waals surface area contributed by atoms with Crippen molar-refractivity contribution in [2.45, 2.75) is 206 Å². The number of benzene rings is 2. The maximum atomic E-state index is 12.6. The lowest BCUT2D eigenvalue weighted by Gasteiger charge is -2.23. The number of rotatable bonds is 49. The fourth-order valence-corrected chi connectivity index (χ4v) is 14.4. The summed E-state index contributed by atoms with van der Waals surface area (Å²) >= 11 is 0. The topological polar surface area (TPSA) is 171 Å². The fraction of sp³-hybridized carbons (Fsp3) is 0.726. The maximum absolute atomic E-state index is 12.6. The Hall–Kier alpha value is -3.31. The number of amides is 4. The number of carbonyl (C=O) groups is 5. The van der Waals surface area contributed by atoms with Crippen molar-refractivity contribution in [3.63, 3.8) is 0 Å². The molecule has 0 aliphatic carbocycles. The SMILES string of the molecule is CC(=O)N(O)CCCCCCC(=O)CCC(=O)N(O)CCCCCNC(=O)CCC(=O)N(O)CCCCCN(CCCCCCCCCC[P+](C)(C)c1ccccc1)CCCCCCCCCC[P+](C)(C)c1ccccc1. The minimum Gasteiger partial charge on any atom is -0.356 e. The Bertz CT molecular complexity index is 1790. The van der Waals surface area contributed by atoms with Gasteiger partial charge in [-0.3, -0.25) is 39.6 Å². The van der Waals surface area contributed by atoms with E-state index >= 15 is 0 Å². The molecular formula is C62H109N5O8P2+2. The Kier molecular flexibility index (Phi) is 39.4. The lowest BCUT2D eigenvalue weighted by Crippen LogP contribution is -2.31. The Labute approximate surface area is 469 Å². The van der Waals surface area contributed by atoms with Crippen molar-refractivity contribution in [1.29, 1.82) is 0 Å². The summed E-state index contributed by atoms with van der Waals surface area (Å²) in [5.74, 6) is -1.65. The lowest BCUT2D eigenvalue weighted by atomic mass is 10.1. The molecular weight excluding hydrogens is 1000 g/mol. The molecule has 2 aromatic rings. The van der Waals surface area contributed by atoms with Gasteiger partial charge in [-0.15, -0.1) is 0 Å². The summed E-state index contributed by atoms with van der Waals surface area (Å²) in [6.45, 7) is 15.6. The molecule has 2 aromatic carbocycles. The molecule has 0 unspecified atom stereocenters. The van der Waals surface area contributed by atoms with Gasteiger partial charge in [-0.2, -0.15) is 0 Å². The summed E-state index contributed by atoms with van der Waals surface area (Å²) in [5.41, 5.74) is 0. The highest BCUT2D eigenvalue weighted by molar-refractivity contribution is 7.81. The van der Waals surface area contributed by atoms with Gasteiger partial charge in [-0.05, 0) is 127 Å². The van der Waals surface area contributed by atoms with Crippen LogP contribution in [0.2, 0.25) is 0 Å². The molecule has 0 saturated heterocycles. The predicted molar refractivity (Wildman–Crippen MR) is 323 cm³/mol. The largest absolute Gasteiger partial charge is 0.356 e. The number of hydroxylamine groups is 6. The van der Waals surface area contributed by atoms with Crippen LogP contribution < -0.4 is 15.9 Å². The van der Waals surface area contributed by atoms with Gasteiger partial charge in [-0.1, -0.05) is 120 Å². The van der Waals surface area contributed by atoms with Crippen LogP contribution in [-0.4, -0.2) is 150 Å². The molecule has 77 heavy (non-hydrogen) atoms. The Morgan fingerprint density at radius 2 is 0.727 bits per heavy atom. The van der Waals surface area contributed by atoms with E-state index in [0.717, 1.165) is 50.4 Å². The highest BCUT2D eigenvalue weighted by atomic mass is 31.2. The highest BCUT2D eigenvalue weighted by Gasteiger charge is 2.28. The second-order valence-electron chi connectivity index (χ2n) is 22.8. The molecule has 0 aromatic heterocycles. The third-order valence-electron chi connectivity index (χ3n) is 15.2. The van der Waals surface area contributed by atoms with Gasteiger partial charge in [-0.25, -0.2) is 15.2 Å². The summed E-state index contributed by atoms with van der Waals surface area (Å²) in [5, 5.41) is 38.0. The molecule has 0 aliphatic heterocycles. The average Bonchev–Trinajstić information content (AvgIpc) is 3.42. The quantitative estimate of drug-likeness (QED) is 0.0218. The fourth-order valence-electron chi connectivity index (χ4n) is 9.91. The van der Waals surface area contributed by atoms with Crippen LogP contribution >= 0.6 is 14.5 Å². The Morgan fingerprint density at radius 1 is 0.390 bits per heavy atom. The summed E-state index contributed by atoms with van der Waals surface area (Å²) in [4.78, 5) is 63.2. The zero-order valence-corrected chi connectivity index (χ0v) is 50.9. The zero-order chi connectivity index (χ0) is 56.4. The Balaban J connectivity index is 1.58. The molecule has 13 nitrogen and oxygen atoms in total. The molecule has 0 fully saturated rings. The summed E-state index contributed by atoms with van der Waals surface area (Å²) in [7, 11) is -2.03. The molecule has 2 rings (SSSR count). The molecule has 0 atom stereocenters. The normalized spacial score (nSPS) is 11.8. The molecule has 0 bridgehead atoms. The molecule has 0 saturated carbocycles. The van der Waals surface area contributed by atoms with Gasteiger partial charge in [0.1, 0.15) is 5.78 Å². The van der Waals surface area contributed by atoms with Gasteiger partial charge >= 0.3 is 0 Å². The van der Waals surface area contributed by atoms with E-state index < -0.39 is 32.2 Å². The molecule has 0 spiro atoms. The third-order valence-corrected chi connectivity index (χ3v) is 21.5. The minimum atomic E-state index is -1.02. The minimum absolute atomic E-state index is 0.00450. The average molecular weight is 1110 g/mol. The van der Waals surface area contributed by atoms with Crippen molar-refractivity contribution in [1.82, 2.24) is 25.4 Å². The van der Waals surface area contributed by atoms with Gasteiger partial charge in [0, 0.05) is 79.7 Å².